The monoisotopic (exact) mass is 438 g/mol. The SMILES string of the molecule is O=C(O)C1CCCC2C1CCCN2C(=O)CCc1c[nH]c2cccc(-c3ccc(F)o3)c12. The first-order valence-electron chi connectivity index (χ1n) is 11.4. The van der Waals surface area contributed by atoms with Gasteiger partial charge in [0.05, 0.1) is 5.92 Å². The third-order valence-electron chi connectivity index (χ3n) is 7.23. The maximum Gasteiger partial charge on any atom is 0.306 e. The molecule has 2 aromatic heterocycles. The number of amides is 1. The van der Waals surface area contributed by atoms with Gasteiger partial charge in [-0.25, -0.2) is 0 Å². The first kappa shape index (κ1) is 20.8. The van der Waals surface area contributed by atoms with Crippen molar-refractivity contribution in [2.45, 2.75) is 51.0 Å². The van der Waals surface area contributed by atoms with Crippen LogP contribution in [-0.4, -0.2) is 39.5 Å². The lowest BCUT2D eigenvalue weighted by Crippen LogP contribution is -2.53. The molecule has 1 amide bonds. The van der Waals surface area contributed by atoms with Gasteiger partial charge in [-0.05, 0) is 55.7 Å². The van der Waals surface area contributed by atoms with Crippen molar-refractivity contribution in [2.24, 2.45) is 11.8 Å². The number of fused-ring (bicyclic) bond motifs is 2. The zero-order valence-corrected chi connectivity index (χ0v) is 17.9. The molecule has 5 rings (SSSR count). The van der Waals surface area contributed by atoms with E-state index < -0.39 is 12.0 Å². The Kier molecular flexibility index (Phi) is 5.49. The van der Waals surface area contributed by atoms with Gasteiger partial charge >= 0.3 is 5.97 Å². The van der Waals surface area contributed by atoms with E-state index in [1.807, 2.05) is 29.3 Å². The van der Waals surface area contributed by atoms with E-state index in [0.29, 0.717) is 31.6 Å². The molecule has 3 unspecified atom stereocenters. The number of nitrogens with zero attached hydrogens (tertiary/aromatic N) is 1. The van der Waals surface area contributed by atoms with Crippen LogP contribution in [0.1, 0.15) is 44.1 Å². The molecule has 6 nitrogen and oxygen atoms in total. The van der Waals surface area contributed by atoms with Gasteiger partial charge in [0.25, 0.3) is 6.01 Å². The van der Waals surface area contributed by atoms with Crippen LogP contribution in [0.5, 0.6) is 0 Å². The number of aromatic nitrogens is 1. The third-order valence-corrected chi connectivity index (χ3v) is 7.23. The van der Waals surface area contributed by atoms with Crippen LogP contribution >= 0.6 is 0 Å². The van der Waals surface area contributed by atoms with Gasteiger partial charge in [0.2, 0.25) is 5.91 Å². The average molecular weight is 438 g/mol. The van der Waals surface area contributed by atoms with Crippen LogP contribution in [0, 0.1) is 17.8 Å². The van der Waals surface area contributed by atoms with Gasteiger partial charge in [-0.1, -0.05) is 18.6 Å². The third kappa shape index (κ3) is 3.70. The van der Waals surface area contributed by atoms with Crippen molar-refractivity contribution in [1.82, 2.24) is 9.88 Å². The maximum atomic E-state index is 13.5. The average Bonchev–Trinajstić information content (AvgIpc) is 3.42. The fourth-order valence-corrected chi connectivity index (χ4v) is 5.81. The Hall–Kier alpha value is -3.09. The summed E-state index contributed by atoms with van der Waals surface area (Å²) in [6, 6.07) is 8.05. The van der Waals surface area contributed by atoms with E-state index in [1.165, 1.54) is 6.07 Å². The van der Waals surface area contributed by atoms with E-state index in [0.717, 1.165) is 47.7 Å². The number of aliphatic carboxylic acids is 1. The van der Waals surface area contributed by atoms with Crippen LogP contribution in [0.25, 0.3) is 22.2 Å². The van der Waals surface area contributed by atoms with Crippen LogP contribution in [0.3, 0.4) is 0 Å². The molecule has 2 aliphatic rings. The Labute approximate surface area is 185 Å². The topological polar surface area (TPSA) is 86.5 Å². The second-order valence-corrected chi connectivity index (χ2v) is 8.98. The predicted octanol–water partition coefficient (Wildman–Crippen LogP) is 4.99. The predicted molar refractivity (Wildman–Crippen MR) is 117 cm³/mol. The highest BCUT2D eigenvalue weighted by atomic mass is 19.1. The number of furan rings is 1. The Morgan fingerprint density at radius 1 is 1.16 bits per heavy atom. The highest BCUT2D eigenvalue weighted by Crippen LogP contribution is 2.40. The summed E-state index contributed by atoms with van der Waals surface area (Å²) in [4.78, 5) is 30.1. The van der Waals surface area contributed by atoms with Crippen molar-refractivity contribution in [1.29, 1.82) is 0 Å². The van der Waals surface area contributed by atoms with Crippen LogP contribution in [0.15, 0.2) is 40.9 Å². The Morgan fingerprint density at radius 2 is 2.03 bits per heavy atom. The molecule has 0 radical (unpaired) electrons. The van der Waals surface area contributed by atoms with Crippen LogP contribution in [0.2, 0.25) is 0 Å². The summed E-state index contributed by atoms with van der Waals surface area (Å²) >= 11 is 0. The Bertz CT molecular complexity index is 1150. The Balaban J connectivity index is 1.35. The number of likely N-dealkylation sites (tertiary alicyclic amines) is 1. The van der Waals surface area contributed by atoms with Gasteiger partial charge in [-0.15, -0.1) is 0 Å². The molecule has 1 aliphatic heterocycles. The number of hydrogen-bond acceptors (Lipinski definition) is 3. The molecule has 3 aromatic rings. The second kappa shape index (κ2) is 8.45. The number of H-pyrrole nitrogens is 1. The van der Waals surface area contributed by atoms with E-state index in [-0.39, 0.29) is 23.8 Å². The minimum absolute atomic E-state index is 0.0377. The van der Waals surface area contributed by atoms with Gasteiger partial charge in [0.15, 0.2) is 0 Å². The second-order valence-electron chi connectivity index (χ2n) is 8.98. The summed E-state index contributed by atoms with van der Waals surface area (Å²) in [5.74, 6) is -0.459. The normalized spacial score (nSPS) is 23.3. The standard InChI is InChI=1S/C25H27FN2O4/c26-22-11-10-21(32-22)18-5-1-7-19-24(18)15(14-27-19)9-12-23(29)28-13-3-6-16-17(25(30)31)4-2-8-20(16)28/h1,5,7,10-11,14,16-17,20,27H,2-4,6,8-9,12-13H2,(H,30,31). The number of carbonyl (C=O) groups is 2. The number of aryl methyl sites for hydroxylation is 1. The van der Waals surface area contributed by atoms with Crippen LogP contribution in [0.4, 0.5) is 4.39 Å². The molecule has 2 fully saturated rings. The fourth-order valence-electron chi connectivity index (χ4n) is 5.81. The minimum Gasteiger partial charge on any atom is -0.481 e. The van der Waals surface area contributed by atoms with E-state index in [9.17, 15) is 19.1 Å². The Morgan fingerprint density at radius 3 is 2.81 bits per heavy atom. The fraction of sp³-hybridized carbons (Fsp3) is 0.440. The first-order chi connectivity index (χ1) is 15.5. The summed E-state index contributed by atoms with van der Waals surface area (Å²) in [5, 5.41) is 10.6. The van der Waals surface area contributed by atoms with Crippen molar-refractivity contribution in [3.8, 4) is 11.3 Å². The van der Waals surface area contributed by atoms with E-state index in [4.69, 9.17) is 4.42 Å². The van der Waals surface area contributed by atoms with Crippen molar-refractivity contribution in [2.75, 3.05) is 6.54 Å². The van der Waals surface area contributed by atoms with Crippen molar-refractivity contribution in [3.63, 3.8) is 0 Å². The lowest BCUT2D eigenvalue weighted by atomic mass is 9.71. The number of rotatable bonds is 5. The molecule has 7 heteroatoms. The number of piperidine rings is 1. The van der Waals surface area contributed by atoms with Gasteiger partial charge in [0.1, 0.15) is 5.76 Å². The first-order valence-corrected chi connectivity index (χ1v) is 11.4. The molecule has 1 saturated carbocycles. The summed E-state index contributed by atoms with van der Waals surface area (Å²) in [7, 11) is 0. The molecule has 3 heterocycles. The van der Waals surface area contributed by atoms with Gasteiger partial charge in [0, 0.05) is 47.7 Å². The van der Waals surface area contributed by atoms with Crippen molar-refractivity contribution >= 4 is 22.8 Å². The lowest BCUT2D eigenvalue weighted by Gasteiger charge is -2.46. The largest absolute Gasteiger partial charge is 0.481 e. The number of halogens is 1. The van der Waals surface area contributed by atoms with Gasteiger partial charge in [-0.2, -0.15) is 4.39 Å². The molecule has 3 atom stereocenters. The lowest BCUT2D eigenvalue weighted by molar-refractivity contribution is -0.151. The number of aromatic amines is 1. The van der Waals surface area contributed by atoms with Gasteiger partial charge in [-0.3, -0.25) is 9.59 Å². The minimum atomic E-state index is -0.727. The molecule has 0 bridgehead atoms. The van der Waals surface area contributed by atoms with Crippen LogP contribution < -0.4 is 0 Å². The smallest absolute Gasteiger partial charge is 0.306 e. The maximum absolute atomic E-state index is 13.5. The molecule has 168 valence electrons. The van der Waals surface area contributed by atoms with Crippen molar-refractivity contribution < 1.29 is 23.5 Å². The molecule has 1 aliphatic carbocycles. The molecule has 0 spiro atoms. The summed E-state index contributed by atoms with van der Waals surface area (Å²) < 4.78 is 18.7. The molecule has 32 heavy (non-hydrogen) atoms. The highest BCUT2D eigenvalue weighted by Gasteiger charge is 2.43. The molecule has 1 saturated heterocycles. The van der Waals surface area contributed by atoms with Crippen LogP contribution in [-0.2, 0) is 16.0 Å². The summed E-state index contributed by atoms with van der Waals surface area (Å²) in [6.07, 6.45) is 7.01. The zero-order valence-electron chi connectivity index (χ0n) is 17.9. The summed E-state index contributed by atoms with van der Waals surface area (Å²) in [6.45, 7) is 0.706. The number of benzene rings is 1. The number of carboxylic acid groups (broad SMARTS) is 1. The molecule has 2 N–H and O–H groups in total. The quantitative estimate of drug-likeness (QED) is 0.587. The van der Waals surface area contributed by atoms with E-state index in [1.54, 1.807) is 6.07 Å². The molecular formula is C25H27FN2O4. The van der Waals surface area contributed by atoms with Crippen molar-refractivity contribution in [3.05, 3.63) is 48.1 Å². The molecular weight excluding hydrogens is 411 g/mol. The highest BCUT2D eigenvalue weighted by molar-refractivity contribution is 5.96. The molecule has 1 aromatic carbocycles. The number of carbonyl (C=O) groups excluding carboxylic acids is 1. The summed E-state index contributed by atoms with van der Waals surface area (Å²) in [5.41, 5.74) is 2.70. The van der Waals surface area contributed by atoms with E-state index >= 15 is 0 Å². The number of carboxylic acids is 1. The number of hydrogen-bond donors (Lipinski definition) is 2. The number of nitrogens with one attached hydrogen (secondary N) is 1. The zero-order chi connectivity index (χ0) is 22.2. The van der Waals surface area contributed by atoms with Gasteiger partial charge < -0.3 is 19.4 Å². The van der Waals surface area contributed by atoms with E-state index in [2.05, 4.69) is 4.98 Å².